The van der Waals surface area contributed by atoms with Crippen molar-refractivity contribution in [3.05, 3.63) is 18.2 Å². The van der Waals surface area contributed by atoms with Gasteiger partial charge in [0.25, 0.3) is 10.1 Å². The molecule has 0 fully saturated rings. The molecule has 2 rings (SSSR count). The molecule has 0 saturated carbocycles. The lowest BCUT2D eigenvalue weighted by Gasteiger charge is -1.94. The lowest BCUT2D eigenvalue weighted by molar-refractivity contribution is 0.483. The number of benzene rings is 1. The summed E-state index contributed by atoms with van der Waals surface area (Å²) in [7, 11) is -4.13. The zero-order valence-corrected chi connectivity index (χ0v) is 10.8. The molecular formula is C9H9NO3S3. The number of thiazole rings is 1. The van der Waals surface area contributed by atoms with Crippen LogP contribution in [0.15, 0.2) is 27.4 Å². The third-order valence-electron chi connectivity index (χ3n) is 1.91. The van der Waals surface area contributed by atoms with E-state index < -0.39 is 10.1 Å². The van der Waals surface area contributed by atoms with Gasteiger partial charge in [-0.25, -0.2) is 4.98 Å². The van der Waals surface area contributed by atoms with Crippen LogP contribution < -0.4 is 0 Å². The fourth-order valence-electron chi connectivity index (χ4n) is 1.23. The van der Waals surface area contributed by atoms with Gasteiger partial charge >= 0.3 is 0 Å². The average molecular weight is 275 g/mol. The molecule has 1 aromatic carbocycles. The topological polar surface area (TPSA) is 67.3 Å². The maximum atomic E-state index is 10.9. The van der Waals surface area contributed by atoms with Crippen molar-refractivity contribution in [1.29, 1.82) is 0 Å². The summed E-state index contributed by atoms with van der Waals surface area (Å²) in [6.45, 7) is 2.03. The molecule has 0 spiro atoms. The van der Waals surface area contributed by atoms with Gasteiger partial charge in [-0.15, -0.1) is 11.3 Å². The summed E-state index contributed by atoms with van der Waals surface area (Å²) in [5.41, 5.74) is 0.758. The van der Waals surface area contributed by atoms with Crippen molar-refractivity contribution >= 4 is 43.4 Å². The van der Waals surface area contributed by atoms with Gasteiger partial charge in [0.2, 0.25) is 0 Å². The van der Waals surface area contributed by atoms with Crippen LogP contribution in [0.3, 0.4) is 0 Å². The normalized spacial score (nSPS) is 12.1. The number of nitrogens with zero attached hydrogens (tertiary/aromatic N) is 1. The Bertz CT molecular complexity index is 618. The molecule has 4 nitrogen and oxygen atoms in total. The van der Waals surface area contributed by atoms with Crippen molar-refractivity contribution in [2.75, 3.05) is 5.75 Å². The van der Waals surface area contributed by atoms with Crippen LogP contribution in [-0.4, -0.2) is 23.7 Å². The van der Waals surface area contributed by atoms with Crippen molar-refractivity contribution in [2.45, 2.75) is 16.2 Å². The molecule has 0 unspecified atom stereocenters. The van der Waals surface area contributed by atoms with Gasteiger partial charge in [-0.1, -0.05) is 18.7 Å². The van der Waals surface area contributed by atoms with Crippen LogP contribution in [0, 0.1) is 0 Å². The van der Waals surface area contributed by atoms with E-state index in [0.29, 0.717) is 0 Å². The Hall–Kier alpha value is -0.630. The first-order valence-electron chi connectivity index (χ1n) is 4.51. The number of rotatable bonds is 3. The maximum absolute atomic E-state index is 10.9. The van der Waals surface area contributed by atoms with Crippen molar-refractivity contribution in [1.82, 2.24) is 4.98 Å². The molecule has 0 bridgehead atoms. The molecule has 7 heteroatoms. The summed E-state index contributed by atoms with van der Waals surface area (Å²) >= 11 is 3.04. The molecule has 86 valence electrons. The summed E-state index contributed by atoms with van der Waals surface area (Å²) in [6, 6.07) is 4.41. The molecule has 1 heterocycles. The largest absolute Gasteiger partial charge is 0.294 e. The Morgan fingerprint density at radius 1 is 1.50 bits per heavy atom. The van der Waals surface area contributed by atoms with Crippen molar-refractivity contribution in [3.63, 3.8) is 0 Å². The highest BCUT2D eigenvalue weighted by Gasteiger charge is 2.12. The summed E-state index contributed by atoms with van der Waals surface area (Å²) in [5.74, 6) is 0.922. The lowest BCUT2D eigenvalue weighted by Crippen LogP contribution is -1.96. The van der Waals surface area contributed by atoms with Crippen LogP contribution in [0.1, 0.15) is 6.92 Å². The molecule has 0 atom stereocenters. The highest BCUT2D eigenvalue weighted by atomic mass is 32.2. The second-order valence-electron chi connectivity index (χ2n) is 3.02. The van der Waals surface area contributed by atoms with Gasteiger partial charge in [0.05, 0.1) is 15.1 Å². The zero-order valence-electron chi connectivity index (χ0n) is 8.37. The molecule has 0 aliphatic rings. The highest BCUT2D eigenvalue weighted by molar-refractivity contribution is 8.01. The Labute approximate surface area is 101 Å². The summed E-state index contributed by atoms with van der Waals surface area (Å²) in [4.78, 5) is 4.24. The molecule has 0 amide bonds. The standard InChI is InChI=1S/C9H9NO3S3/c1-2-14-9-10-7-4-3-6(16(11,12)13)5-8(7)15-9/h3-5H,2H2,1H3,(H,11,12,13). The van der Waals surface area contributed by atoms with Gasteiger partial charge in [0.1, 0.15) is 0 Å². The van der Waals surface area contributed by atoms with Crippen LogP contribution in [0.4, 0.5) is 0 Å². The van der Waals surface area contributed by atoms with Crippen LogP contribution in [0.25, 0.3) is 10.2 Å². The molecule has 0 aliphatic heterocycles. The minimum Gasteiger partial charge on any atom is -0.282 e. The zero-order chi connectivity index (χ0) is 11.8. The molecule has 0 saturated heterocycles. The molecule has 2 aromatic rings. The van der Waals surface area contributed by atoms with E-state index in [-0.39, 0.29) is 4.90 Å². The first-order valence-corrected chi connectivity index (χ1v) is 7.76. The first-order chi connectivity index (χ1) is 7.50. The summed E-state index contributed by atoms with van der Waals surface area (Å²) in [6.07, 6.45) is 0. The van der Waals surface area contributed by atoms with Gasteiger partial charge in [0, 0.05) is 0 Å². The van der Waals surface area contributed by atoms with E-state index in [0.717, 1.165) is 20.3 Å². The van der Waals surface area contributed by atoms with Crippen molar-refractivity contribution in [2.24, 2.45) is 0 Å². The Morgan fingerprint density at radius 3 is 2.88 bits per heavy atom. The van der Waals surface area contributed by atoms with Crippen LogP contribution >= 0.6 is 23.1 Å². The minimum atomic E-state index is -4.13. The molecule has 0 radical (unpaired) electrons. The summed E-state index contributed by atoms with van der Waals surface area (Å²) in [5, 5.41) is 0. The van der Waals surface area contributed by atoms with Gasteiger partial charge in [-0.2, -0.15) is 8.42 Å². The van der Waals surface area contributed by atoms with Gasteiger partial charge in [-0.3, -0.25) is 4.55 Å². The quantitative estimate of drug-likeness (QED) is 0.689. The Balaban J connectivity index is 2.54. The van der Waals surface area contributed by atoms with Gasteiger partial charge in [0.15, 0.2) is 4.34 Å². The van der Waals surface area contributed by atoms with E-state index in [2.05, 4.69) is 4.98 Å². The molecule has 16 heavy (non-hydrogen) atoms. The summed E-state index contributed by atoms with van der Waals surface area (Å²) < 4.78 is 32.5. The van der Waals surface area contributed by atoms with E-state index in [1.54, 1.807) is 17.8 Å². The third kappa shape index (κ3) is 2.37. The second kappa shape index (κ2) is 4.33. The van der Waals surface area contributed by atoms with E-state index in [4.69, 9.17) is 4.55 Å². The maximum Gasteiger partial charge on any atom is 0.294 e. The van der Waals surface area contributed by atoms with E-state index >= 15 is 0 Å². The predicted octanol–water partition coefficient (Wildman–Crippen LogP) is 2.66. The minimum absolute atomic E-state index is 0.0864. The first kappa shape index (κ1) is 11.8. The highest BCUT2D eigenvalue weighted by Crippen LogP contribution is 2.30. The number of fused-ring (bicyclic) bond motifs is 1. The molecule has 0 aliphatic carbocycles. The van der Waals surface area contributed by atoms with Crippen LogP contribution in [0.5, 0.6) is 0 Å². The average Bonchev–Trinajstić information content (AvgIpc) is 2.57. The molecule has 1 aromatic heterocycles. The Kier molecular flexibility index (Phi) is 3.20. The third-order valence-corrected chi connectivity index (χ3v) is 4.80. The number of thioether (sulfide) groups is 1. The van der Waals surface area contributed by atoms with Gasteiger partial charge < -0.3 is 0 Å². The SMILES string of the molecule is CCSc1nc2ccc(S(=O)(=O)O)cc2s1. The number of hydrogen-bond donors (Lipinski definition) is 1. The monoisotopic (exact) mass is 275 g/mol. The smallest absolute Gasteiger partial charge is 0.282 e. The fraction of sp³-hybridized carbons (Fsp3) is 0.222. The van der Waals surface area contributed by atoms with E-state index in [1.165, 1.54) is 23.5 Å². The van der Waals surface area contributed by atoms with Crippen molar-refractivity contribution < 1.29 is 13.0 Å². The van der Waals surface area contributed by atoms with Gasteiger partial charge in [-0.05, 0) is 24.0 Å². The second-order valence-corrected chi connectivity index (χ2v) is 6.98. The molecule has 1 N–H and O–H groups in total. The predicted molar refractivity (Wildman–Crippen MR) is 65.8 cm³/mol. The van der Waals surface area contributed by atoms with E-state index in [9.17, 15) is 8.42 Å². The van der Waals surface area contributed by atoms with Crippen LogP contribution in [-0.2, 0) is 10.1 Å². The van der Waals surface area contributed by atoms with Crippen LogP contribution in [0.2, 0.25) is 0 Å². The number of aromatic nitrogens is 1. The molecular weight excluding hydrogens is 266 g/mol. The lowest BCUT2D eigenvalue weighted by atomic mass is 10.3. The van der Waals surface area contributed by atoms with Crippen molar-refractivity contribution in [3.8, 4) is 0 Å². The number of hydrogen-bond acceptors (Lipinski definition) is 5. The van der Waals surface area contributed by atoms with E-state index in [1.807, 2.05) is 6.92 Å². The fourth-order valence-corrected chi connectivity index (χ4v) is 3.82. The Morgan fingerprint density at radius 2 is 2.25 bits per heavy atom.